The number of nitrogens with zero attached hydrogens (tertiary/aromatic N) is 1. The van der Waals surface area contributed by atoms with Gasteiger partial charge < -0.3 is 14.2 Å². The Morgan fingerprint density at radius 3 is 2.42 bits per heavy atom. The fraction of sp³-hybridized carbons (Fsp3) is 0.227. The van der Waals surface area contributed by atoms with Gasteiger partial charge in [-0.3, -0.25) is 0 Å². The summed E-state index contributed by atoms with van der Waals surface area (Å²) in [5.41, 5.74) is 0.598. The quantitative estimate of drug-likeness (QED) is 0.500. The zero-order valence-corrected chi connectivity index (χ0v) is 18.0. The molecule has 9 heteroatoms. The molecule has 0 saturated carbocycles. The minimum absolute atomic E-state index is 0.00430. The molecular formula is C22H23FN2O5S. The van der Waals surface area contributed by atoms with Crippen molar-refractivity contribution in [2.75, 3.05) is 13.2 Å². The Kier molecular flexibility index (Phi) is 7.43. The van der Waals surface area contributed by atoms with Crippen molar-refractivity contribution in [2.24, 2.45) is 0 Å². The molecule has 0 aliphatic carbocycles. The van der Waals surface area contributed by atoms with Crippen LogP contribution in [0.5, 0.6) is 23.1 Å². The van der Waals surface area contributed by atoms with Gasteiger partial charge >= 0.3 is 0 Å². The second kappa shape index (κ2) is 10.2. The first-order chi connectivity index (χ1) is 14.9. The molecule has 0 aliphatic rings. The molecule has 0 spiro atoms. The Morgan fingerprint density at radius 2 is 1.68 bits per heavy atom. The molecule has 1 aromatic heterocycles. The lowest BCUT2D eigenvalue weighted by molar-refractivity contribution is 0.287. The van der Waals surface area contributed by atoms with Crippen molar-refractivity contribution in [1.29, 1.82) is 0 Å². The largest absolute Gasteiger partial charge is 0.490 e. The van der Waals surface area contributed by atoms with Gasteiger partial charge in [0.05, 0.1) is 18.1 Å². The Labute approximate surface area is 180 Å². The number of rotatable bonds is 10. The first-order valence-corrected chi connectivity index (χ1v) is 11.2. The van der Waals surface area contributed by atoms with E-state index in [9.17, 15) is 12.8 Å². The van der Waals surface area contributed by atoms with E-state index in [1.54, 1.807) is 37.3 Å². The molecule has 1 heterocycles. The van der Waals surface area contributed by atoms with Crippen molar-refractivity contribution in [3.63, 3.8) is 0 Å². The van der Waals surface area contributed by atoms with E-state index in [0.29, 0.717) is 30.3 Å². The number of para-hydroxylation sites is 1. The maximum absolute atomic E-state index is 13.8. The molecule has 0 atom stereocenters. The standard InChI is InChI=1S/C22H23FN2O5S/c1-3-28-20-10-9-17(14-21(20)29-4-2)31(26,27)25-15-16-11-12-24-22(13-16)30-19-8-6-5-7-18(19)23/h5-14,25H,3-4,15H2,1-2H3. The van der Waals surface area contributed by atoms with Crippen molar-refractivity contribution in [3.05, 3.63) is 72.2 Å². The Bertz CT molecular complexity index is 1140. The molecule has 0 radical (unpaired) electrons. The normalized spacial score (nSPS) is 11.2. The molecule has 1 N–H and O–H groups in total. The fourth-order valence-corrected chi connectivity index (χ4v) is 3.75. The summed E-state index contributed by atoms with van der Waals surface area (Å²) in [6, 6.07) is 13.6. The third kappa shape index (κ3) is 5.93. The monoisotopic (exact) mass is 446 g/mol. The molecule has 0 unspecified atom stereocenters. The summed E-state index contributed by atoms with van der Waals surface area (Å²) in [4.78, 5) is 4.09. The molecule has 31 heavy (non-hydrogen) atoms. The van der Waals surface area contributed by atoms with Gasteiger partial charge in [-0.2, -0.15) is 0 Å². The highest BCUT2D eigenvalue weighted by atomic mass is 32.2. The first kappa shape index (κ1) is 22.5. The number of hydrogen-bond acceptors (Lipinski definition) is 6. The van der Waals surface area contributed by atoms with Gasteiger partial charge in [0.15, 0.2) is 23.1 Å². The second-order valence-corrected chi connectivity index (χ2v) is 8.10. The van der Waals surface area contributed by atoms with E-state index < -0.39 is 15.8 Å². The summed E-state index contributed by atoms with van der Waals surface area (Å²) in [5.74, 6) is 0.507. The molecule has 164 valence electrons. The van der Waals surface area contributed by atoms with Crippen LogP contribution in [0.25, 0.3) is 0 Å². The van der Waals surface area contributed by atoms with E-state index in [1.807, 2.05) is 6.92 Å². The van der Waals surface area contributed by atoms with Gasteiger partial charge in [0.1, 0.15) is 0 Å². The molecule has 0 aliphatic heterocycles. The van der Waals surface area contributed by atoms with Crippen LogP contribution >= 0.6 is 0 Å². The minimum Gasteiger partial charge on any atom is -0.490 e. The van der Waals surface area contributed by atoms with E-state index in [1.165, 1.54) is 30.5 Å². The fourth-order valence-electron chi connectivity index (χ4n) is 2.72. The van der Waals surface area contributed by atoms with Crippen LogP contribution < -0.4 is 18.9 Å². The van der Waals surface area contributed by atoms with E-state index in [2.05, 4.69) is 9.71 Å². The third-order valence-corrected chi connectivity index (χ3v) is 5.54. The van der Waals surface area contributed by atoms with Crippen molar-refractivity contribution in [3.8, 4) is 23.1 Å². The number of aromatic nitrogens is 1. The molecule has 3 rings (SSSR count). The smallest absolute Gasteiger partial charge is 0.241 e. The van der Waals surface area contributed by atoms with Crippen molar-refractivity contribution < 1.29 is 27.0 Å². The number of ether oxygens (including phenoxy) is 3. The lowest BCUT2D eigenvalue weighted by atomic mass is 10.3. The van der Waals surface area contributed by atoms with Crippen LogP contribution in [0.1, 0.15) is 19.4 Å². The lowest BCUT2D eigenvalue weighted by Gasteiger charge is -2.13. The van der Waals surface area contributed by atoms with Gasteiger partial charge in [-0.1, -0.05) is 12.1 Å². The molecule has 2 aromatic carbocycles. The zero-order chi connectivity index (χ0) is 22.3. The van der Waals surface area contributed by atoms with E-state index >= 15 is 0 Å². The van der Waals surface area contributed by atoms with Gasteiger partial charge in [-0.15, -0.1) is 0 Å². The van der Waals surface area contributed by atoms with Crippen LogP contribution in [-0.2, 0) is 16.6 Å². The number of halogens is 1. The molecule has 3 aromatic rings. The van der Waals surface area contributed by atoms with Gasteiger partial charge in [-0.05, 0) is 49.7 Å². The SMILES string of the molecule is CCOc1ccc(S(=O)(=O)NCc2ccnc(Oc3ccccc3F)c2)cc1OCC. The molecule has 0 saturated heterocycles. The van der Waals surface area contributed by atoms with Gasteiger partial charge in [0.2, 0.25) is 15.9 Å². The lowest BCUT2D eigenvalue weighted by Crippen LogP contribution is -2.23. The second-order valence-electron chi connectivity index (χ2n) is 6.33. The van der Waals surface area contributed by atoms with Crippen molar-refractivity contribution >= 4 is 10.0 Å². The number of pyridine rings is 1. The Hall–Kier alpha value is -3.17. The van der Waals surface area contributed by atoms with Crippen molar-refractivity contribution in [1.82, 2.24) is 9.71 Å². The van der Waals surface area contributed by atoms with E-state index in [-0.39, 0.29) is 23.1 Å². The van der Waals surface area contributed by atoms with Gasteiger partial charge in [-0.25, -0.2) is 22.5 Å². The van der Waals surface area contributed by atoms with Crippen LogP contribution in [0.2, 0.25) is 0 Å². The van der Waals surface area contributed by atoms with Crippen LogP contribution in [0.4, 0.5) is 4.39 Å². The summed E-state index contributed by atoms with van der Waals surface area (Å²) in [6.45, 7) is 4.44. The molecule has 7 nitrogen and oxygen atoms in total. The molecule has 0 amide bonds. The summed E-state index contributed by atoms with van der Waals surface area (Å²) >= 11 is 0. The average molecular weight is 447 g/mol. The van der Waals surface area contributed by atoms with Gasteiger partial charge in [0, 0.05) is 24.9 Å². The predicted molar refractivity (Wildman–Crippen MR) is 114 cm³/mol. The summed E-state index contributed by atoms with van der Waals surface area (Å²) in [7, 11) is -3.82. The highest BCUT2D eigenvalue weighted by molar-refractivity contribution is 7.89. The van der Waals surface area contributed by atoms with Crippen LogP contribution in [0.3, 0.4) is 0 Å². The summed E-state index contributed by atoms with van der Waals surface area (Å²) < 4.78 is 58.2. The third-order valence-electron chi connectivity index (χ3n) is 4.14. The molecule has 0 fully saturated rings. The predicted octanol–water partition coefficient (Wildman–Crippen LogP) is 4.29. The number of hydrogen-bond donors (Lipinski definition) is 1. The number of sulfonamides is 1. The topological polar surface area (TPSA) is 86.8 Å². The summed E-state index contributed by atoms with van der Waals surface area (Å²) in [5, 5.41) is 0. The minimum atomic E-state index is -3.82. The average Bonchev–Trinajstić information content (AvgIpc) is 2.76. The summed E-state index contributed by atoms with van der Waals surface area (Å²) in [6.07, 6.45) is 1.46. The molecular weight excluding hydrogens is 423 g/mol. The number of nitrogens with one attached hydrogen (secondary N) is 1. The molecule has 0 bridgehead atoms. The first-order valence-electron chi connectivity index (χ1n) is 9.69. The van der Waals surface area contributed by atoms with E-state index in [4.69, 9.17) is 14.2 Å². The highest BCUT2D eigenvalue weighted by Crippen LogP contribution is 2.30. The van der Waals surface area contributed by atoms with Crippen LogP contribution in [0, 0.1) is 5.82 Å². The van der Waals surface area contributed by atoms with E-state index in [0.717, 1.165) is 0 Å². The van der Waals surface area contributed by atoms with Crippen LogP contribution in [0.15, 0.2) is 65.7 Å². The maximum atomic E-state index is 13.8. The highest BCUT2D eigenvalue weighted by Gasteiger charge is 2.17. The Balaban J connectivity index is 1.73. The maximum Gasteiger partial charge on any atom is 0.241 e. The van der Waals surface area contributed by atoms with Gasteiger partial charge in [0.25, 0.3) is 0 Å². The zero-order valence-electron chi connectivity index (χ0n) is 17.2. The number of benzene rings is 2. The van der Waals surface area contributed by atoms with Crippen molar-refractivity contribution in [2.45, 2.75) is 25.3 Å². The Morgan fingerprint density at radius 1 is 0.935 bits per heavy atom. The van der Waals surface area contributed by atoms with Crippen LogP contribution in [-0.4, -0.2) is 26.6 Å².